The Kier molecular flexibility index (Phi) is 4.31. The minimum absolute atomic E-state index is 0.187. The molecule has 1 unspecified atom stereocenters. The van der Waals surface area contributed by atoms with Crippen LogP contribution in [0.4, 0.5) is 5.82 Å². The number of hydrogen-bond acceptors (Lipinski definition) is 4. The Morgan fingerprint density at radius 2 is 2.00 bits per heavy atom. The Labute approximate surface area is 124 Å². The topological polar surface area (TPSA) is 81.2 Å². The minimum Gasteiger partial charge on any atom is -0.464 e. The van der Waals surface area contributed by atoms with Crippen LogP contribution in [0.3, 0.4) is 0 Å². The number of nitrogens with one attached hydrogen (secondary N) is 1. The first-order valence-electron chi connectivity index (χ1n) is 7.01. The average molecular weight is 287 g/mol. The zero-order valence-electron chi connectivity index (χ0n) is 12.8. The molecule has 0 saturated carbocycles. The summed E-state index contributed by atoms with van der Waals surface area (Å²) in [5.74, 6) is 1.93. The van der Waals surface area contributed by atoms with Crippen LogP contribution in [-0.2, 0) is 0 Å². The number of carbonyl (C=O) groups is 1. The van der Waals surface area contributed by atoms with E-state index in [1.54, 1.807) is 12.1 Å². The van der Waals surface area contributed by atoms with Crippen LogP contribution in [-0.4, -0.2) is 10.9 Å². The van der Waals surface area contributed by atoms with Crippen LogP contribution in [0.2, 0.25) is 0 Å². The van der Waals surface area contributed by atoms with Crippen LogP contribution in [0.1, 0.15) is 60.3 Å². The maximum atomic E-state index is 12.3. The molecule has 0 radical (unpaired) electrons. The fourth-order valence-electron chi connectivity index (χ4n) is 2.04. The lowest BCUT2D eigenvalue weighted by atomic mass is 10.1. The molecule has 0 aliphatic carbocycles. The van der Waals surface area contributed by atoms with E-state index in [9.17, 15) is 4.79 Å². The molecule has 3 N–H and O–H groups in total. The Morgan fingerprint density at radius 3 is 2.57 bits per heavy atom. The first kappa shape index (κ1) is 15.1. The lowest BCUT2D eigenvalue weighted by molar-refractivity contribution is 0.0935. The monoisotopic (exact) mass is 287 g/mol. The van der Waals surface area contributed by atoms with Gasteiger partial charge in [-0.25, -0.2) is 4.98 Å². The lowest BCUT2D eigenvalue weighted by Gasteiger charge is -2.13. The Hall–Kier alpha value is -2.30. The van der Waals surface area contributed by atoms with Gasteiger partial charge in [-0.3, -0.25) is 4.79 Å². The number of rotatable bonds is 4. The van der Waals surface area contributed by atoms with Gasteiger partial charge in [-0.1, -0.05) is 13.8 Å². The molecule has 1 atom stereocenters. The van der Waals surface area contributed by atoms with Crippen LogP contribution >= 0.6 is 0 Å². The van der Waals surface area contributed by atoms with E-state index in [4.69, 9.17) is 10.2 Å². The predicted molar refractivity (Wildman–Crippen MR) is 82.1 cm³/mol. The third-order valence-electron chi connectivity index (χ3n) is 3.25. The summed E-state index contributed by atoms with van der Waals surface area (Å²) in [5.41, 5.74) is 7.09. The van der Waals surface area contributed by atoms with Crippen molar-refractivity contribution in [1.29, 1.82) is 0 Å². The van der Waals surface area contributed by atoms with Crippen molar-refractivity contribution in [3.05, 3.63) is 47.0 Å². The number of furan rings is 1. The number of carbonyl (C=O) groups excluding carboxylic acids is 1. The van der Waals surface area contributed by atoms with Crippen molar-refractivity contribution in [1.82, 2.24) is 10.3 Å². The third-order valence-corrected chi connectivity index (χ3v) is 3.25. The van der Waals surface area contributed by atoms with E-state index in [0.29, 0.717) is 11.4 Å². The number of nitrogen functional groups attached to an aromatic ring is 1. The highest BCUT2D eigenvalue weighted by Crippen LogP contribution is 2.19. The van der Waals surface area contributed by atoms with Gasteiger partial charge in [0.1, 0.15) is 17.3 Å². The Balaban J connectivity index is 2.16. The Bertz CT molecular complexity index is 647. The molecular formula is C16H21N3O2. The van der Waals surface area contributed by atoms with Gasteiger partial charge in [0.25, 0.3) is 5.91 Å². The van der Waals surface area contributed by atoms with Crippen LogP contribution in [0.15, 0.2) is 28.7 Å². The number of anilines is 1. The number of aryl methyl sites for hydroxylation is 1. The van der Waals surface area contributed by atoms with Crippen LogP contribution in [0.5, 0.6) is 0 Å². The maximum absolute atomic E-state index is 12.3. The predicted octanol–water partition coefficient (Wildman–Crippen LogP) is 3.18. The summed E-state index contributed by atoms with van der Waals surface area (Å²) >= 11 is 0. The number of aromatic nitrogens is 1. The van der Waals surface area contributed by atoms with Gasteiger partial charge < -0.3 is 15.5 Å². The molecule has 0 aromatic carbocycles. The van der Waals surface area contributed by atoms with Gasteiger partial charge >= 0.3 is 0 Å². The molecule has 0 fully saturated rings. The lowest BCUT2D eigenvalue weighted by Crippen LogP contribution is -2.26. The van der Waals surface area contributed by atoms with Crippen LogP contribution < -0.4 is 11.1 Å². The van der Waals surface area contributed by atoms with Crippen molar-refractivity contribution in [3.63, 3.8) is 0 Å². The summed E-state index contributed by atoms with van der Waals surface area (Å²) in [6.45, 7) is 7.77. The van der Waals surface area contributed by atoms with Crippen molar-refractivity contribution in [2.24, 2.45) is 0 Å². The zero-order valence-corrected chi connectivity index (χ0v) is 12.8. The van der Waals surface area contributed by atoms with Gasteiger partial charge in [-0.15, -0.1) is 0 Å². The molecule has 1 amide bonds. The highest BCUT2D eigenvalue weighted by atomic mass is 16.3. The summed E-state index contributed by atoms with van der Waals surface area (Å²) < 4.78 is 5.52. The van der Waals surface area contributed by atoms with E-state index < -0.39 is 0 Å². The van der Waals surface area contributed by atoms with Crippen molar-refractivity contribution in [2.75, 3.05) is 5.73 Å². The normalized spacial score (nSPS) is 12.4. The van der Waals surface area contributed by atoms with E-state index in [2.05, 4.69) is 10.3 Å². The average Bonchev–Trinajstić information content (AvgIpc) is 2.84. The van der Waals surface area contributed by atoms with Gasteiger partial charge in [0.2, 0.25) is 0 Å². The minimum atomic E-state index is -0.205. The summed E-state index contributed by atoms with van der Waals surface area (Å²) in [5, 5.41) is 2.90. The standard InChI is InChI=1S/C16H21N3O2/c1-9(2)13-7-12(8-15(17)19-13)16(20)18-11(4)14-6-5-10(3)21-14/h5-9,11H,1-4H3,(H2,17,19)(H,18,20). The number of pyridine rings is 1. The molecule has 21 heavy (non-hydrogen) atoms. The molecule has 112 valence electrons. The highest BCUT2D eigenvalue weighted by Gasteiger charge is 2.16. The van der Waals surface area contributed by atoms with E-state index in [0.717, 1.165) is 17.2 Å². The third kappa shape index (κ3) is 3.62. The molecule has 2 heterocycles. The second-order valence-electron chi connectivity index (χ2n) is 5.50. The van der Waals surface area contributed by atoms with Crippen molar-refractivity contribution >= 4 is 11.7 Å². The van der Waals surface area contributed by atoms with Crippen molar-refractivity contribution in [3.8, 4) is 0 Å². The molecule has 2 aromatic heterocycles. The van der Waals surface area contributed by atoms with Crippen LogP contribution in [0.25, 0.3) is 0 Å². The van der Waals surface area contributed by atoms with Gasteiger partial charge in [0, 0.05) is 11.3 Å². The molecule has 0 aliphatic heterocycles. The first-order valence-corrected chi connectivity index (χ1v) is 7.01. The molecule has 0 spiro atoms. The van der Waals surface area contributed by atoms with Gasteiger partial charge in [0.05, 0.1) is 6.04 Å². The highest BCUT2D eigenvalue weighted by molar-refractivity contribution is 5.95. The number of amides is 1. The fourth-order valence-corrected chi connectivity index (χ4v) is 2.04. The number of hydrogen-bond donors (Lipinski definition) is 2. The fraction of sp³-hybridized carbons (Fsp3) is 0.375. The second-order valence-corrected chi connectivity index (χ2v) is 5.50. The quantitative estimate of drug-likeness (QED) is 0.905. The number of nitrogens with two attached hydrogens (primary N) is 1. The maximum Gasteiger partial charge on any atom is 0.252 e. The smallest absolute Gasteiger partial charge is 0.252 e. The van der Waals surface area contributed by atoms with Gasteiger partial charge in [-0.2, -0.15) is 0 Å². The van der Waals surface area contributed by atoms with Gasteiger partial charge in [-0.05, 0) is 44.0 Å². The first-order chi connectivity index (χ1) is 9.86. The Morgan fingerprint density at radius 1 is 1.29 bits per heavy atom. The second kappa shape index (κ2) is 5.99. The molecule has 5 heteroatoms. The number of nitrogens with zero attached hydrogens (tertiary/aromatic N) is 1. The summed E-state index contributed by atoms with van der Waals surface area (Å²) in [4.78, 5) is 16.6. The molecule has 0 saturated heterocycles. The molecule has 5 nitrogen and oxygen atoms in total. The molecular weight excluding hydrogens is 266 g/mol. The SMILES string of the molecule is Cc1ccc(C(C)NC(=O)c2cc(N)nc(C(C)C)c2)o1. The summed E-state index contributed by atoms with van der Waals surface area (Å²) in [7, 11) is 0. The van der Waals surface area contributed by atoms with Crippen LogP contribution in [0, 0.1) is 6.92 Å². The largest absolute Gasteiger partial charge is 0.464 e. The molecule has 2 aromatic rings. The summed E-state index contributed by atoms with van der Waals surface area (Å²) in [6.07, 6.45) is 0. The zero-order chi connectivity index (χ0) is 15.6. The van der Waals surface area contributed by atoms with Crippen molar-refractivity contribution < 1.29 is 9.21 Å². The van der Waals surface area contributed by atoms with Gasteiger partial charge in [0.15, 0.2) is 0 Å². The van der Waals surface area contributed by atoms with E-state index in [-0.39, 0.29) is 17.9 Å². The van der Waals surface area contributed by atoms with E-state index in [1.807, 2.05) is 39.8 Å². The molecule has 0 bridgehead atoms. The molecule has 0 aliphatic rings. The summed E-state index contributed by atoms with van der Waals surface area (Å²) in [6, 6.07) is 6.89. The van der Waals surface area contributed by atoms with E-state index in [1.165, 1.54) is 0 Å². The molecule has 2 rings (SSSR count). The van der Waals surface area contributed by atoms with Crippen molar-refractivity contribution in [2.45, 2.75) is 39.7 Å². The van der Waals surface area contributed by atoms with E-state index >= 15 is 0 Å².